The summed E-state index contributed by atoms with van der Waals surface area (Å²) in [5, 5.41) is 11.2. The maximum absolute atomic E-state index is 4.34. The maximum Gasteiger partial charge on any atom is 0.190 e. The van der Waals surface area contributed by atoms with E-state index in [-0.39, 0.29) is 24.0 Å². The third-order valence-corrected chi connectivity index (χ3v) is 5.77. The summed E-state index contributed by atoms with van der Waals surface area (Å²) in [7, 11) is 1.84. The van der Waals surface area contributed by atoms with Crippen LogP contribution in [-0.4, -0.2) is 44.1 Å². The molecular weight excluding hydrogens is 467 g/mol. The third kappa shape index (κ3) is 6.76. The molecule has 1 unspecified atom stereocenters. The Morgan fingerprint density at radius 3 is 2.78 bits per heavy atom. The van der Waals surface area contributed by atoms with Gasteiger partial charge in [0.2, 0.25) is 0 Å². The van der Waals surface area contributed by atoms with E-state index in [9.17, 15) is 0 Å². The number of hydrogen-bond donors (Lipinski definition) is 2. The third-order valence-electron chi connectivity index (χ3n) is 5.06. The van der Waals surface area contributed by atoms with Crippen molar-refractivity contribution in [2.75, 3.05) is 33.2 Å². The minimum absolute atomic E-state index is 0. The number of aliphatic imine (C=N–C) groups is 1. The van der Waals surface area contributed by atoms with Crippen LogP contribution in [0.1, 0.15) is 36.0 Å². The fraction of sp³-hybridized carbons (Fsp3) is 0.476. The summed E-state index contributed by atoms with van der Waals surface area (Å²) < 4.78 is 0. The summed E-state index contributed by atoms with van der Waals surface area (Å²) >= 11 is 1.76. The molecule has 1 aliphatic heterocycles. The Labute approximate surface area is 184 Å². The Bertz CT molecular complexity index is 702. The lowest BCUT2D eigenvalue weighted by molar-refractivity contribution is 0.251. The van der Waals surface area contributed by atoms with E-state index >= 15 is 0 Å². The molecule has 1 atom stereocenters. The molecule has 0 saturated heterocycles. The van der Waals surface area contributed by atoms with Crippen molar-refractivity contribution in [1.82, 2.24) is 15.5 Å². The first-order valence-corrected chi connectivity index (χ1v) is 10.5. The van der Waals surface area contributed by atoms with Gasteiger partial charge >= 0.3 is 0 Å². The second-order valence-corrected chi connectivity index (χ2v) is 7.77. The fourth-order valence-electron chi connectivity index (χ4n) is 3.40. The lowest BCUT2D eigenvalue weighted by Gasteiger charge is -2.28. The fourth-order valence-corrected chi connectivity index (χ4v) is 4.18. The second-order valence-electron chi connectivity index (χ2n) is 6.99. The van der Waals surface area contributed by atoms with Crippen molar-refractivity contribution in [3.63, 3.8) is 0 Å². The van der Waals surface area contributed by atoms with Crippen LogP contribution in [0.3, 0.4) is 0 Å². The molecule has 4 nitrogen and oxygen atoms in total. The molecule has 0 bridgehead atoms. The minimum atomic E-state index is 0. The van der Waals surface area contributed by atoms with Gasteiger partial charge in [0.15, 0.2) is 5.96 Å². The molecule has 148 valence electrons. The van der Waals surface area contributed by atoms with Crippen LogP contribution >= 0.6 is 35.3 Å². The quantitative estimate of drug-likeness (QED) is 0.262. The lowest BCUT2D eigenvalue weighted by Crippen LogP contribution is -2.40. The van der Waals surface area contributed by atoms with Crippen molar-refractivity contribution in [2.45, 2.75) is 32.2 Å². The van der Waals surface area contributed by atoms with Gasteiger partial charge in [0, 0.05) is 39.8 Å². The molecule has 3 rings (SSSR count). The van der Waals surface area contributed by atoms with E-state index in [4.69, 9.17) is 0 Å². The highest BCUT2D eigenvalue weighted by Crippen LogP contribution is 2.18. The van der Waals surface area contributed by atoms with E-state index < -0.39 is 0 Å². The average molecular weight is 498 g/mol. The number of rotatable bonds is 7. The van der Waals surface area contributed by atoms with E-state index in [1.165, 1.54) is 29.7 Å². The smallest absolute Gasteiger partial charge is 0.190 e. The van der Waals surface area contributed by atoms with Crippen molar-refractivity contribution in [1.29, 1.82) is 0 Å². The van der Waals surface area contributed by atoms with Crippen LogP contribution in [0.25, 0.3) is 0 Å². The van der Waals surface area contributed by atoms with E-state index in [0.29, 0.717) is 5.92 Å². The van der Waals surface area contributed by atoms with Gasteiger partial charge in [-0.2, -0.15) is 11.3 Å². The monoisotopic (exact) mass is 498 g/mol. The number of thiophene rings is 1. The van der Waals surface area contributed by atoms with Gasteiger partial charge in [-0.3, -0.25) is 9.89 Å². The zero-order chi connectivity index (χ0) is 18.2. The van der Waals surface area contributed by atoms with E-state index in [1.54, 1.807) is 11.3 Å². The first kappa shape index (κ1) is 22.2. The Balaban J connectivity index is 0.00000261. The lowest BCUT2D eigenvalue weighted by atomic mass is 10.00. The van der Waals surface area contributed by atoms with E-state index in [0.717, 1.165) is 38.6 Å². The summed E-state index contributed by atoms with van der Waals surface area (Å²) in [4.78, 5) is 6.89. The van der Waals surface area contributed by atoms with Gasteiger partial charge in [0.25, 0.3) is 0 Å². The number of benzene rings is 1. The molecule has 0 radical (unpaired) electrons. The zero-order valence-electron chi connectivity index (χ0n) is 16.3. The highest BCUT2D eigenvalue weighted by molar-refractivity contribution is 14.0. The molecule has 0 spiro atoms. The Hall–Kier alpha value is -1.12. The van der Waals surface area contributed by atoms with E-state index in [2.05, 4.69) is 68.5 Å². The first-order valence-electron chi connectivity index (χ1n) is 9.52. The van der Waals surface area contributed by atoms with Crippen LogP contribution in [0.2, 0.25) is 0 Å². The topological polar surface area (TPSA) is 39.7 Å². The predicted molar refractivity (Wildman–Crippen MR) is 128 cm³/mol. The molecule has 2 N–H and O–H groups in total. The predicted octanol–water partition coefficient (Wildman–Crippen LogP) is 4.08. The van der Waals surface area contributed by atoms with Crippen LogP contribution in [-0.2, 0) is 13.0 Å². The van der Waals surface area contributed by atoms with Crippen molar-refractivity contribution in [2.24, 2.45) is 4.99 Å². The van der Waals surface area contributed by atoms with Crippen molar-refractivity contribution < 1.29 is 0 Å². The van der Waals surface area contributed by atoms with Crippen molar-refractivity contribution >= 4 is 41.3 Å². The number of guanidine groups is 1. The summed E-state index contributed by atoms with van der Waals surface area (Å²) in [5.41, 5.74) is 4.40. The molecule has 2 aromatic rings. The molecule has 0 fully saturated rings. The Kier molecular flexibility index (Phi) is 9.58. The van der Waals surface area contributed by atoms with Gasteiger partial charge in [0.05, 0.1) is 0 Å². The number of nitrogens with one attached hydrogen (secondary N) is 2. The van der Waals surface area contributed by atoms with Gasteiger partial charge in [-0.25, -0.2) is 0 Å². The van der Waals surface area contributed by atoms with Gasteiger partial charge in [0.1, 0.15) is 0 Å². The average Bonchev–Trinajstić information content (AvgIpc) is 3.22. The van der Waals surface area contributed by atoms with Gasteiger partial charge in [-0.05, 0) is 52.3 Å². The normalized spacial score (nSPS) is 15.6. The molecule has 1 aromatic heterocycles. The van der Waals surface area contributed by atoms with Gasteiger partial charge in [-0.1, -0.05) is 31.2 Å². The van der Waals surface area contributed by atoms with Crippen LogP contribution in [0.5, 0.6) is 0 Å². The molecule has 27 heavy (non-hydrogen) atoms. The first-order chi connectivity index (χ1) is 12.8. The summed E-state index contributed by atoms with van der Waals surface area (Å²) in [6, 6.07) is 11.0. The Morgan fingerprint density at radius 2 is 2.04 bits per heavy atom. The highest BCUT2D eigenvalue weighted by Gasteiger charge is 2.14. The second kappa shape index (κ2) is 11.7. The van der Waals surface area contributed by atoms with Gasteiger partial charge < -0.3 is 10.6 Å². The van der Waals surface area contributed by atoms with Crippen LogP contribution < -0.4 is 10.6 Å². The van der Waals surface area contributed by atoms with E-state index in [1.807, 2.05) is 7.05 Å². The standard InChI is InChI=1S/C21H30N4S.HI/c1-17(20-9-13-26-16-20)14-24-21(22-2)23-10-5-11-25-12-8-18-6-3-4-7-19(18)15-25;/h3-4,6-7,9,13,16-17H,5,8,10-12,14-15H2,1-2H3,(H2,22,23,24);1H. The van der Waals surface area contributed by atoms with Crippen LogP contribution in [0, 0.1) is 0 Å². The minimum Gasteiger partial charge on any atom is -0.356 e. The maximum atomic E-state index is 4.34. The number of hydrogen-bond acceptors (Lipinski definition) is 3. The number of fused-ring (bicyclic) bond motifs is 1. The van der Waals surface area contributed by atoms with Gasteiger partial charge in [-0.15, -0.1) is 24.0 Å². The molecular formula is C21H31IN4S. The van der Waals surface area contributed by atoms with Crippen LogP contribution in [0.15, 0.2) is 46.1 Å². The molecule has 1 aromatic carbocycles. The molecule has 0 saturated carbocycles. The SMILES string of the molecule is CN=C(NCCCN1CCc2ccccc2C1)NCC(C)c1ccsc1.I. The largest absolute Gasteiger partial charge is 0.356 e. The summed E-state index contributed by atoms with van der Waals surface area (Å²) in [6.45, 7) is 7.48. The summed E-state index contributed by atoms with van der Waals surface area (Å²) in [6.07, 6.45) is 2.30. The zero-order valence-corrected chi connectivity index (χ0v) is 19.4. The Morgan fingerprint density at radius 1 is 1.22 bits per heavy atom. The molecule has 6 heteroatoms. The molecule has 2 heterocycles. The summed E-state index contributed by atoms with van der Waals surface area (Å²) in [5.74, 6) is 1.39. The van der Waals surface area contributed by atoms with Crippen molar-refractivity contribution in [3.8, 4) is 0 Å². The molecule has 1 aliphatic rings. The van der Waals surface area contributed by atoms with Crippen LogP contribution in [0.4, 0.5) is 0 Å². The molecule has 0 amide bonds. The highest BCUT2D eigenvalue weighted by atomic mass is 127. The van der Waals surface area contributed by atoms with Crippen molar-refractivity contribution in [3.05, 3.63) is 57.8 Å². The molecule has 0 aliphatic carbocycles. The number of nitrogens with zero attached hydrogens (tertiary/aromatic N) is 2. The number of halogens is 1.